The predicted molar refractivity (Wildman–Crippen MR) is 101 cm³/mol. The molecule has 25 heavy (non-hydrogen) atoms. The van der Waals surface area contributed by atoms with Gasteiger partial charge in [-0.15, -0.1) is 0 Å². The van der Waals surface area contributed by atoms with Crippen molar-refractivity contribution in [2.75, 3.05) is 5.32 Å². The molecule has 0 bridgehead atoms. The maximum absolute atomic E-state index is 12.2. The highest BCUT2D eigenvalue weighted by Gasteiger charge is 2.09. The lowest BCUT2D eigenvalue weighted by molar-refractivity contribution is -0.112. The fourth-order valence-electron chi connectivity index (χ4n) is 2.28. The van der Waals surface area contributed by atoms with E-state index in [0.29, 0.717) is 18.2 Å². The van der Waals surface area contributed by atoms with Gasteiger partial charge in [0, 0.05) is 18.4 Å². The van der Waals surface area contributed by atoms with Crippen LogP contribution in [-0.2, 0) is 11.3 Å². The van der Waals surface area contributed by atoms with E-state index in [9.17, 15) is 10.1 Å². The highest BCUT2D eigenvalue weighted by molar-refractivity contribution is 6.06. The Hall–Kier alpha value is -3.06. The van der Waals surface area contributed by atoms with E-state index >= 15 is 0 Å². The summed E-state index contributed by atoms with van der Waals surface area (Å²) in [4.78, 5) is 12.2. The number of hydrogen-bond acceptors (Lipinski definition) is 3. The molecule has 0 spiro atoms. The van der Waals surface area contributed by atoms with Gasteiger partial charge in [-0.25, -0.2) is 0 Å². The Balaban J connectivity index is 1.95. The molecule has 0 aromatic heterocycles. The van der Waals surface area contributed by atoms with E-state index in [-0.39, 0.29) is 5.57 Å². The van der Waals surface area contributed by atoms with Crippen LogP contribution in [0.4, 0.5) is 5.69 Å². The lowest BCUT2D eigenvalue weighted by atomic mass is 10.0. The Bertz CT molecular complexity index is 781. The average Bonchev–Trinajstić information content (AvgIpc) is 2.60. The van der Waals surface area contributed by atoms with E-state index in [1.54, 1.807) is 0 Å². The molecule has 1 amide bonds. The molecule has 0 unspecified atom stereocenters. The van der Waals surface area contributed by atoms with Crippen LogP contribution in [0.1, 0.15) is 36.5 Å². The number of nitrogens with one attached hydrogen (secondary N) is 2. The number of carbonyl (C=O) groups is 1. The molecule has 0 radical (unpaired) electrons. The second kappa shape index (κ2) is 8.70. The first-order chi connectivity index (χ1) is 12.0. The van der Waals surface area contributed by atoms with Gasteiger partial charge in [-0.1, -0.05) is 55.8 Å². The van der Waals surface area contributed by atoms with E-state index in [0.717, 1.165) is 5.56 Å². The summed E-state index contributed by atoms with van der Waals surface area (Å²) in [7, 11) is 0. The molecular weight excluding hydrogens is 310 g/mol. The summed E-state index contributed by atoms with van der Waals surface area (Å²) in [5, 5.41) is 15.0. The standard InChI is InChI=1S/C21H23N3O/c1-15(2)18-8-10-20(11-9-18)24-21(25)19(12-22)14-23-13-17-6-4-16(3)5-7-17/h4-11,14-15,23H,13H2,1-3H3,(H,24,25)/b19-14-. The van der Waals surface area contributed by atoms with Gasteiger partial charge < -0.3 is 10.6 Å². The number of amides is 1. The van der Waals surface area contributed by atoms with E-state index in [1.165, 1.54) is 17.3 Å². The van der Waals surface area contributed by atoms with Crippen molar-refractivity contribution >= 4 is 11.6 Å². The fourth-order valence-corrected chi connectivity index (χ4v) is 2.28. The average molecular weight is 333 g/mol. The summed E-state index contributed by atoms with van der Waals surface area (Å²) >= 11 is 0. The summed E-state index contributed by atoms with van der Waals surface area (Å²) in [6.45, 7) is 6.82. The highest BCUT2D eigenvalue weighted by atomic mass is 16.1. The first-order valence-electron chi connectivity index (χ1n) is 8.30. The molecule has 0 atom stereocenters. The third-order valence-electron chi connectivity index (χ3n) is 3.87. The van der Waals surface area contributed by atoms with Crippen LogP contribution in [-0.4, -0.2) is 5.91 Å². The smallest absolute Gasteiger partial charge is 0.267 e. The van der Waals surface area contributed by atoms with E-state index in [1.807, 2.05) is 61.5 Å². The fraction of sp³-hybridized carbons (Fsp3) is 0.238. The summed E-state index contributed by atoms with van der Waals surface area (Å²) < 4.78 is 0. The number of hydrogen-bond donors (Lipinski definition) is 2. The van der Waals surface area contributed by atoms with Gasteiger partial charge in [-0.2, -0.15) is 5.26 Å². The van der Waals surface area contributed by atoms with Crippen molar-refractivity contribution in [1.82, 2.24) is 5.32 Å². The van der Waals surface area contributed by atoms with Crippen LogP contribution in [0.2, 0.25) is 0 Å². The second-order valence-electron chi connectivity index (χ2n) is 6.27. The normalized spacial score (nSPS) is 11.1. The third kappa shape index (κ3) is 5.50. The van der Waals surface area contributed by atoms with Gasteiger partial charge in [0.25, 0.3) is 5.91 Å². The Morgan fingerprint density at radius 1 is 1.12 bits per heavy atom. The molecule has 0 aliphatic carbocycles. The molecule has 2 aromatic rings. The summed E-state index contributed by atoms with van der Waals surface area (Å²) in [5.41, 5.74) is 4.20. The quantitative estimate of drug-likeness (QED) is 0.613. The number of benzene rings is 2. The maximum atomic E-state index is 12.2. The molecule has 0 fully saturated rings. The molecular formula is C21H23N3O. The number of anilines is 1. The summed E-state index contributed by atoms with van der Waals surface area (Å²) in [6, 6.07) is 17.7. The summed E-state index contributed by atoms with van der Waals surface area (Å²) in [5.74, 6) is 0.0153. The number of rotatable bonds is 6. The Morgan fingerprint density at radius 2 is 1.76 bits per heavy atom. The Morgan fingerprint density at radius 3 is 2.32 bits per heavy atom. The van der Waals surface area contributed by atoms with Crippen molar-refractivity contribution in [2.45, 2.75) is 33.2 Å². The van der Waals surface area contributed by atoms with Crippen LogP contribution in [0.5, 0.6) is 0 Å². The van der Waals surface area contributed by atoms with Crippen LogP contribution in [0.25, 0.3) is 0 Å². The Labute approximate surface area is 149 Å². The second-order valence-corrected chi connectivity index (χ2v) is 6.27. The Kier molecular flexibility index (Phi) is 6.36. The van der Waals surface area contributed by atoms with Crippen molar-refractivity contribution in [3.63, 3.8) is 0 Å². The van der Waals surface area contributed by atoms with Gasteiger partial charge in [-0.3, -0.25) is 4.79 Å². The van der Waals surface area contributed by atoms with Crippen molar-refractivity contribution in [3.8, 4) is 6.07 Å². The summed E-state index contributed by atoms with van der Waals surface area (Å²) in [6.07, 6.45) is 1.46. The van der Waals surface area contributed by atoms with Crippen LogP contribution in [0, 0.1) is 18.3 Å². The van der Waals surface area contributed by atoms with Gasteiger partial charge in [0.1, 0.15) is 11.6 Å². The molecule has 0 heterocycles. The van der Waals surface area contributed by atoms with Crippen molar-refractivity contribution < 1.29 is 4.79 Å². The van der Waals surface area contributed by atoms with Gasteiger partial charge in [0.05, 0.1) is 0 Å². The molecule has 2 aromatic carbocycles. The monoisotopic (exact) mass is 333 g/mol. The first-order valence-corrected chi connectivity index (χ1v) is 8.30. The lowest BCUT2D eigenvalue weighted by Gasteiger charge is -2.08. The topological polar surface area (TPSA) is 64.9 Å². The minimum atomic E-state index is -0.420. The molecule has 0 aliphatic rings. The minimum Gasteiger partial charge on any atom is -0.386 e. The van der Waals surface area contributed by atoms with Crippen molar-refractivity contribution in [3.05, 3.63) is 77.0 Å². The van der Waals surface area contributed by atoms with Crippen LogP contribution >= 0.6 is 0 Å². The SMILES string of the molecule is Cc1ccc(CN/C=C(/C#N)C(=O)Nc2ccc(C(C)C)cc2)cc1. The number of nitriles is 1. The molecule has 4 heteroatoms. The van der Waals surface area contributed by atoms with E-state index in [4.69, 9.17) is 0 Å². The molecule has 0 saturated heterocycles. The van der Waals surface area contributed by atoms with Crippen LogP contribution < -0.4 is 10.6 Å². The molecule has 2 N–H and O–H groups in total. The minimum absolute atomic E-state index is 0.0417. The van der Waals surface area contributed by atoms with Gasteiger partial charge in [0.15, 0.2) is 0 Å². The van der Waals surface area contributed by atoms with Gasteiger partial charge in [0.2, 0.25) is 0 Å². The van der Waals surface area contributed by atoms with Crippen molar-refractivity contribution in [1.29, 1.82) is 5.26 Å². The maximum Gasteiger partial charge on any atom is 0.267 e. The number of nitrogens with zero attached hydrogens (tertiary/aromatic N) is 1. The van der Waals surface area contributed by atoms with Crippen molar-refractivity contribution in [2.24, 2.45) is 0 Å². The van der Waals surface area contributed by atoms with Gasteiger partial charge >= 0.3 is 0 Å². The number of aryl methyl sites for hydroxylation is 1. The molecule has 4 nitrogen and oxygen atoms in total. The first kappa shape index (κ1) is 18.3. The van der Waals surface area contributed by atoms with Gasteiger partial charge in [-0.05, 0) is 36.1 Å². The van der Waals surface area contributed by atoms with E-state index < -0.39 is 5.91 Å². The molecule has 0 aliphatic heterocycles. The highest BCUT2D eigenvalue weighted by Crippen LogP contribution is 2.17. The van der Waals surface area contributed by atoms with Crippen LogP contribution in [0.3, 0.4) is 0 Å². The largest absolute Gasteiger partial charge is 0.386 e. The predicted octanol–water partition coefficient (Wildman–Crippen LogP) is 4.25. The van der Waals surface area contributed by atoms with Crippen LogP contribution in [0.15, 0.2) is 60.3 Å². The lowest BCUT2D eigenvalue weighted by Crippen LogP contribution is -2.16. The molecule has 0 saturated carbocycles. The number of carbonyl (C=O) groups excluding carboxylic acids is 1. The zero-order valence-electron chi connectivity index (χ0n) is 14.8. The molecule has 2 rings (SSSR count). The zero-order chi connectivity index (χ0) is 18.2. The zero-order valence-corrected chi connectivity index (χ0v) is 14.8. The third-order valence-corrected chi connectivity index (χ3v) is 3.87. The van der Waals surface area contributed by atoms with E-state index in [2.05, 4.69) is 24.5 Å². The molecule has 128 valence electrons.